The van der Waals surface area contributed by atoms with Crippen LogP contribution in [-0.4, -0.2) is 5.75 Å². The molecule has 0 aliphatic rings. The van der Waals surface area contributed by atoms with Crippen molar-refractivity contribution < 1.29 is 0 Å². The van der Waals surface area contributed by atoms with Crippen LogP contribution in [-0.2, 0) is 6.54 Å². The molecule has 5 heteroatoms. The van der Waals surface area contributed by atoms with Crippen molar-refractivity contribution in [1.82, 2.24) is 0 Å². The number of para-hydroxylation sites is 1. The molecule has 0 aliphatic heterocycles. The van der Waals surface area contributed by atoms with Gasteiger partial charge in [0.2, 0.25) is 0 Å². The van der Waals surface area contributed by atoms with Crippen molar-refractivity contribution in [2.24, 2.45) is 0 Å². The predicted molar refractivity (Wildman–Crippen MR) is 94.4 cm³/mol. The molecular formula is C14H13Br2NS2. The summed E-state index contributed by atoms with van der Waals surface area (Å²) in [4.78, 5) is 2.55. The molecule has 1 heterocycles. The van der Waals surface area contributed by atoms with Crippen LogP contribution in [0.1, 0.15) is 4.88 Å². The van der Waals surface area contributed by atoms with Crippen molar-refractivity contribution in [3.8, 4) is 0 Å². The Morgan fingerprint density at radius 3 is 2.79 bits per heavy atom. The third-order valence-electron chi connectivity index (χ3n) is 2.39. The number of nitrogens with one attached hydrogen (secondary N) is 1. The van der Waals surface area contributed by atoms with Crippen molar-refractivity contribution in [3.63, 3.8) is 0 Å². The molecular weight excluding hydrogens is 406 g/mol. The highest BCUT2D eigenvalue weighted by molar-refractivity contribution is 9.13. The second kappa shape index (κ2) is 7.53. The molecule has 0 amide bonds. The normalized spacial score (nSPS) is 10.4. The van der Waals surface area contributed by atoms with Crippen LogP contribution in [0.25, 0.3) is 0 Å². The van der Waals surface area contributed by atoms with E-state index in [2.05, 4.69) is 74.1 Å². The fourth-order valence-electron chi connectivity index (χ4n) is 1.55. The molecule has 1 nitrogen and oxygen atoms in total. The molecule has 0 saturated carbocycles. The van der Waals surface area contributed by atoms with E-state index in [1.165, 1.54) is 15.5 Å². The number of hydrogen-bond donors (Lipinski definition) is 1. The lowest BCUT2D eigenvalue weighted by molar-refractivity contribution is 1.17. The Kier molecular flexibility index (Phi) is 6.01. The van der Waals surface area contributed by atoms with E-state index in [1.54, 1.807) is 23.1 Å². The standard InChI is InChI=1S/C14H13Br2NS2/c1-2-7-18-13-6-4-3-5-12(13)17-9-10-8-11(15)14(16)19-10/h2-6,8,17H,1,7,9H2. The van der Waals surface area contributed by atoms with E-state index in [0.29, 0.717) is 0 Å². The van der Waals surface area contributed by atoms with E-state index in [0.717, 1.165) is 20.6 Å². The molecule has 1 N–H and O–H groups in total. The number of halogens is 2. The number of rotatable bonds is 6. The molecule has 0 fully saturated rings. The summed E-state index contributed by atoms with van der Waals surface area (Å²) in [5, 5.41) is 3.49. The summed E-state index contributed by atoms with van der Waals surface area (Å²) in [6.45, 7) is 4.60. The van der Waals surface area contributed by atoms with Gasteiger partial charge in [0, 0.05) is 32.2 Å². The van der Waals surface area contributed by atoms with Crippen molar-refractivity contribution in [1.29, 1.82) is 0 Å². The quantitative estimate of drug-likeness (QED) is 0.445. The summed E-state index contributed by atoms with van der Waals surface area (Å²) in [7, 11) is 0. The van der Waals surface area contributed by atoms with Gasteiger partial charge in [0.1, 0.15) is 0 Å². The predicted octanol–water partition coefficient (Wildman–Crippen LogP) is 6.16. The third kappa shape index (κ3) is 4.38. The maximum atomic E-state index is 3.76. The zero-order chi connectivity index (χ0) is 13.7. The summed E-state index contributed by atoms with van der Waals surface area (Å²) in [6, 6.07) is 10.5. The van der Waals surface area contributed by atoms with Gasteiger partial charge in [-0.1, -0.05) is 18.2 Å². The molecule has 0 saturated heterocycles. The molecule has 1 aromatic carbocycles. The lowest BCUT2D eigenvalue weighted by Gasteiger charge is -2.10. The number of thiophene rings is 1. The summed E-state index contributed by atoms with van der Waals surface area (Å²) < 4.78 is 2.25. The number of thioether (sulfide) groups is 1. The van der Waals surface area contributed by atoms with Gasteiger partial charge in [-0.25, -0.2) is 0 Å². The molecule has 0 spiro atoms. The van der Waals surface area contributed by atoms with Gasteiger partial charge < -0.3 is 5.32 Å². The Morgan fingerprint density at radius 2 is 2.11 bits per heavy atom. The average molecular weight is 419 g/mol. The first-order chi connectivity index (χ1) is 9.20. The van der Waals surface area contributed by atoms with Crippen LogP contribution in [0, 0.1) is 0 Å². The fourth-order valence-corrected chi connectivity index (χ4v) is 4.43. The second-order valence-electron chi connectivity index (χ2n) is 3.78. The Labute approximate surface area is 138 Å². The molecule has 2 aromatic rings. The summed E-state index contributed by atoms with van der Waals surface area (Å²) in [5.41, 5.74) is 1.18. The average Bonchev–Trinajstić information content (AvgIpc) is 2.74. The molecule has 0 aliphatic carbocycles. The van der Waals surface area contributed by atoms with E-state index in [-0.39, 0.29) is 0 Å². The number of hydrogen-bond acceptors (Lipinski definition) is 3. The zero-order valence-electron chi connectivity index (χ0n) is 10.2. The van der Waals surface area contributed by atoms with Crippen LogP contribution in [0.15, 0.2) is 56.1 Å². The molecule has 100 valence electrons. The van der Waals surface area contributed by atoms with Crippen LogP contribution in [0.2, 0.25) is 0 Å². The first kappa shape index (κ1) is 15.2. The van der Waals surface area contributed by atoms with Crippen LogP contribution >= 0.6 is 55.0 Å². The van der Waals surface area contributed by atoms with E-state index >= 15 is 0 Å². The maximum absolute atomic E-state index is 3.76. The van der Waals surface area contributed by atoms with E-state index < -0.39 is 0 Å². The first-order valence-corrected chi connectivity index (χ1v) is 9.10. The number of benzene rings is 1. The molecule has 0 bridgehead atoms. The Morgan fingerprint density at radius 1 is 1.32 bits per heavy atom. The fraction of sp³-hybridized carbons (Fsp3) is 0.143. The van der Waals surface area contributed by atoms with Gasteiger partial charge in [-0.2, -0.15) is 0 Å². The molecule has 2 rings (SSSR count). The minimum atomic E-state index is 0.834. The van der Waals surface area contributed by atoms with Gasteiger partial charge in [0.05, 0.1) is 3.79 Å². The van der Waals surface area contributed by atoms with Crippen molar-refractivity contribution in [2.75, 3.05) is 11.1 Å². The lowest BCUT2D eigenvalue weighted by Crippen LogP contribution is -1.98. The van der Waals surface area contributed by atoms with Gasteiger partial charge in [-0.05, 0) is 50.1 Å². The SMILES string of the molecule is C=CCSc1ccccc1NCc1cc(Br)c(Br)s1. The number of anilines is 1. The van der Waals surface area contributed by atoms with E-state index in [1.807, 2.05) is 6.08 Å². The molecule has 19 heavy (non-hydrogen) atoms. The highest BCUT2D eigenvalue weighted by atomic mass is 79.9. The third-order valence-corrected chi connectivity index (χ3v) is 6.72. The maximum Gasteiger partial charge on any atom is 0.0843 e. The van der Waals surface area contributed by atoms with Gasteiger partial charge in [-0.15, -0.1) is 29.7 Å². The van der Waals surface area contributed by atoms with E-state index in [9.17, 15) is 0 Å². The largest absolute Gasteiger partial charge is 0.379 e. The van der Waals surface area contributed by atoms with Crippen LogP contribution in [0.3, 0.4) is 0 Å². The monoisotopic (exact) mass is 417 g/mol. The van der Waals surface area contributed by atoms with Crippen LogP contribution < -0.4 is 5.32 Å². The summed E-state index contributed by atoms with van der Waals surface area (Å²) in [6.07, 6.45) is 1.93. The second-order valence-corrected chi connectivity index (χ2v) is 8.15. The van der Waals surface area contributed by atoms with Gasteiger partial charge in [0.25, 0.3) is 0 Å². The molecule has 0 unspecified atom stereocenters. The minimum Gasteiger partial charge on any atom is -0.379 e. The Balaban J connectivity index is 2.04. The zero-order valence-corrected chi connectivity index (χ0v) is 15.0. The minimum absolute atomic E-state index is 0.834. The van der Waals surface area contributed by atoms with Crippen molar-refractivity contribution >= 4 is 60.6 Å². The Hall–Kier alpha value is -0.230. The first-order valence-electron chi connectivity index (χ1n) is 5.71. The highest BCUT2D eigenvalue weighted by Crippen LogP contribution is 2.33. The topological polar surface area (TPSA) is 12.0 Å². The summed E-state index contributed by atoms with van der Waals surface area (Å²) in [5.74, 6) is 0.925. The highest BCUT2D eigenvalue weighted by Gasteiger charge is 2.05. The van der Waals surface area contributed by atoms with Crippen LogP contribution in [0.4, 0.5) is 5.69 Å². The summed E-state index contributed by atoms with van der Waals surface area (Å²) >= 11 is 10.6. The smallest absolute Gasteiger partial charge is 0.0843 e. The van der Waals surface area contributed by atoms with Crippen molar-refractivity contribution in [3.05, 3.63) is 56.1 Å². The van der Waals surface area contributed by atoms with Crippen molar-refractivity contribution in [2.45, 2.75) is 11.4 Å². The lowest BCUT2D eigenvalue weighted by atomic mass is 10.3. The van der Waals surface area contributed by atoms with E-state index in [4.69, 9.17) is 0 Å². The molecule has 0 atom stereocenters. The van der Waals surface area contributed by atoms with Crippen LogP contribution in [0.5, 0.6) is 0 Å². The Bertz CT molecular complexity index is 547. The van der Waals surface area contributed by atoms with Gasteiger partial charge >= 0.3 is 0 Å². The molecule has 1 aromatic heterocycles. The van der Waals surface area contributed by atoms with Gasteiger partial charge in [0.15, 0.2) is 0 Å². The van der Waals surface area contributed by atoms with Gasteiger partial charge in [-0.3, -0.25) is 0 Å². The molecule has 0 radical (unpaired) electrons.